The number of anilines is 1. The van der Waals surface area contributed by atoms with Gasteiger partial charge in [0.2, 0.25) is 5.95 Å². The Morgan fingerprint density at radius 2 is 2.00 bits per heavy atom. The number of carbonyl (C=O) groups excluding carboxylic acids is 1. The van der Waals surface area contributed by atoms with E-state index in [2.05, 4.69) is 25.3 Å². The Morgan fingerprint density at radius 1 is 1.25 bits per heavy atom. The van der Waals surface area contributed by atoms with E-state index in [-0.39, 0.29) is 41.0 Å². The van der Waals surface area contributed by atoms with Gasteiger partial charge in [0.15, 0.2) is 0 Å². The predicted molar refractivity (Wildman–Crippen MR) is 117 cm³/mol. The molecule has 9 nitrogen and oxygen atoms in total. The van der Waals surface area contributed by atoms with Crippen LogP contribution >= 0.6 is 0 Å². The number of imidazole rings is 1. The standard InChI is InChI=1S/C21H27N7O2S.Na/c1-20(2,3)30-19(29)25-16-14-4-7-24-28(14)13-21(16)5-9-26(10-6-21)18-23-12-15(31)17-22-8-11-27(17)18;/h4,7-8,11-12,16,31H,5-6,9-10,13H2,1-3H3,(H,25,29);/q;+1/p-1/t16-;/m1./s1. The van der Waals surface area contributed by atoms with Crippen molar-refractivity contribution in [1.82, 2.24) is 29.5 Å². The number of carbonyl (C=O) groups is 1. The third-order valence-electron chi connectivity index (χ3n) is 6.20. The maximum absolute atomic E-state index is 12.6. The number of ether oxygens (including phenoxy) is 1. The molecular formula is C21H26N7NaO2S. The van der Waals surface area contributed by atoms with E-state index in [0.29, 0.717) is 4.90 Å². The van der Waals surface area contributed by atoms with E-state index in [1.165, 1.54) is 0 Å². The molecule has 0 unspecified atom stereocenters. The van der Waals surface area contributed by atoms with Gasteiger partial charge in [-0.05, 0) is 39.7 Å². The average Bonchev–Trinajstić information content (AvgIpc) is 3.40. The number of aromatic nitrogens is 5. The van der Waals surface area contributed by atoms with E-state index in [4.69, 9.17) is 17.4 Å². The minimum Gasteiger partial charge on any atom is -0.775 e. The van der Waals surface area contributed by atoms with Crippen molar-refractivity contribution in [3.63, 3.8) is 0 Å². The Bertz CT molecular complexity index is 1130. The van der Waals surface area contributed by atoms with Crippen LogP contribution in [0.2, 0.25) is 0 Å². The van der Waals surface area contributed by atoms with Crippen molar-refractivity contribution >= 4 is 30.3 Å². The summed E-state index contributed by atoms with van der Waals surface area (Å²) in [7, 11) is 0. The number of hydrogen-bond donors (Lipinski definition) is 1. The minimum absolute atomic E-state index is 0. The monoisotopic (exact) mass is 463 g/mol. The second-order valence-electron chi connectivity index (χ2n) is 9.39. The van der Waals surface area contributed by atoms with Crippen LogP contribution in [0.4, 0.5) is 10.7 Å². The summed E-state index contributed by atoms with van der Waals surface area (Å²) in [5.74, 6) is 0.850. The topological polar surface area (TPSA) is 89.6 Å². The first kappa shape index (κ1) is 23.3. The molecular weight excluding hydrogens is 437 g/mol. The van der Waals surface area contributed by atoms with Gasteiger partial charge in [0.25, 0.3) is 0 Å². The van der Waals surface area contributed by atoms with Crippen molar-refractivity contribution in [3.8, 4) is 0 Å². The normalized spacial score (nSPS) is 19.6. The second-order valence-corrected chi connectivity index (χ2v) is 9.83. The molecule has 0 radical (unpaired) electrons. The van der Waals surface area contributed by atoms with E-state index in [9.17, 15) is 4.79 Å². The largest absolute Gasteiger partial charge is 1.00 e. The van der Waals surface area contributed by atoms with Gasteiger partial charge in [-0.15, -0.1) is 4.90 Å². The van der Waals surface area contributed by atoms with Gasteiger partial charge in [0, 0.05) is 49.8 Å². The van der Waals surface area contributed by atoms with Gasteiger partial charge < -0.3 is 27.6 Å². The fourth-order valence-corrected chi connectivity index (χ4v) is 5.00. The molecule has 164 valence electrons. The molecule has 3 aromatic heterocycles. The fourth-order valence-electron chi connectivity index (χ4n) is 4.79. The summed E-state index contributed by atoms with van der Waals surface area (Å²) >= 11 is 5.35. The van der Waals surface area contributed by atoms with Crippen molar-refractivity contribution in [3.05, 3.63) is 36.5 Å². The second kappa shape index (κ2) is 8.48. The van der Waals surface area contributed by atoms with Gasteiger partial charge in [0.05, 0.1) is 11.7 Å². The van der Waals surface area contributed by atoms with Crippen LogP contribution in [0.25, 0.3) is 5.65 Å². The summed E-state index contributed by atoms with van der Waals surface area (Å²) in [5, 5.41) is 7.61. The average molecular weight is 464 g/mol. The zero-order valence-electron chi connectivity index (χ0n) is 18.9. The van der Waals surface area contributed by atoms with Crippen LogP contribution in [-0.4, -0.2) is 48.9 Å². The van der Waals surface area contributed by atoms with Crippen molar-refractivity contribution < 1.29 is 39.1 Å². The number of alkyl carbamates (subject to hydrolysis) is 1. The van der Waals surface area contributed by atoms with E-state index < -0.39 is 11.7 Å². The predicted octanol–water partition coefficient (Wildman–Crippen LogP) is -0.298. The van der Waals surface area contributed by atoms with E-state index in [0.717, 1.165) is 49.8 Å². The molecule has 2 aliphatic heterocycles. The van der Waals surface area contributed by atoms with Gasteiger partial charge in [-0.2, -0.15) is 5.10 Å². The Kier molecular flexibility index (Phi) is 6.17. The summed E-state index contributed by atoms with van der Waals surface area (Å²) in [6.45, 7) is 8.03. The summed E-state index contributed by atoms with van der Waals surface area (Å²) in [4.78, 5) is 24.5. The van der Waals surface area contributed by atoms with E-state index in [1.54, 1.807) is 18.6 Å². The number of nitrogens with zero attached hydrogens (tertiary/aromatic N) is 6. The number of fused-ring (bicyclic) bond motifs is 2. The summed E-state index contributed by atoms with van der Waals surface area (Å²) in [5.41, 5.74) is 1.14. The number of nitrogens with one attached hydrogen (secondary N) is 1. The minimum atomic E-state index is -0.543. The summed E-state index contributed by atoms with van der Waals surface area (Å²) < 4.78 is 9.51. The molecule has 0 aromatic carbocycles. The van der Waals surface area contributed by atoms with Gasteiger partial charge in [-0.3, -0.25) is 9.08 Å². The zero-order chi connectivity index (χ0) is 21.8. The molecule has 1 fully saturated rings. The maximum Gasteiger partial charge on any atom is 1.00 e. The Morgan fingerprint density at radius 3 is 2.72 bits per heavy atom. The molecule has 1 atom stereocenters. The molecule has 0 bridgehead atoms. The first-order valence-electron chi connectivity index (χ1n) is 10.5. The van der Waals surface area contributed by atoms with Crippen LogP contribution in [0.15, 0.2) is 35.7 Å². The fraction of sp³-hybridized carbons (Fsp3) is 0.524. The van der Waals surface area contributed by atoms with E-state index in [1.807, 2.05) is 42.1 Å². The Hall–Kier alpha value is -1.88. The molecule has 0 aliphatic carbocycles. The summed E-state index contributed by atoms with van der Waals surface area (Å²) in [6.07, 6.45) is 8.53. The quantitative estimate of drug-likeness (QED) is 0.412. The molecule has 1 saturated heterocycles. The molecule has 1 N–H and O–H groups in total. The summed E-state index contributed by atoms with van der Waals surface area (Å²) in [6, 6.07) is 1.85. The molecule has 3 aromatic rings. The van der Waals surface area contributed by atoms with Gasteiger partial charge in [-0.25, -0.2) is 14.8 Å². The first-order valence-corrected chi connectivity index (χ1v) is 10.9. The van der Waals surface area contributed by atoms with Gasteiger partial charge in [0.1, 0.15) is 11.2 Å². The van der Waals surface area contributed by atoms with Crippen molar-refractivity contribution in [1.29, 1.82) is 0 Å². The first-order chi connectivity index (χ1) is 14.8. The van der Waals surface area contributed by atoms with Crippen LogP contribution < -0.4 is 39.8 Å². The molecule has 0 saturated carbocycles. The Labute approximate surface area is 214 Å². The Balaban J connectivity index is 0.00000245. The van der Waals surface area contributed by atoms with Crippen LogP contribution in [-0.2, 0) is 23.9 Å². The third kappa shape index (κ3) is 4.09. The number of hydrogen-bond acceptors (Lipinski definition) is 7. The van der Waals surface area contributed by atoms with Gasteiger partial charge >= 0.3 is 35.7 Å². The SMILES string of the molecule is CC(C)(C)OC(=O)N[C@@H]1c2ccnn2CC12CCN(c1ncc([S-])c3nccn13)CC2.[Na+]. The van der Waals surface area contributed by atoms with Crippen LogP contribution in [0.1, 0.15) is 45.3 Å². The molecule has 11 heteroatoms. The molecule has 5 rings (SSSR count). The van der Waals surface area contributed by atoms with Crippen molar-refractivity contribution in [2.75, 3.05) is 18.0 Å². The number of rotatable bonds is 2. The smallest absolute Gasteiger partial charge is 0.775 e. The zero-order valence-corrected chi connectivity index (χ0v) is 21.7. The number of piperidine rings is 1. The van der Waals surface area contributed by atoms with Gasteiger partial charge in [-0.1, -0.05) is 0 Å². The maximum atomic E-state index is 12.6. The molecule has 1 amide bonds. The van der Waals surface area contributed by atoms with Crippen LogP contribution in [0.3, 0.4) is 0 Å². The van der Waals surface area contributed by atoms with Crippen LogP contribution in [0, 0.1) is 5.41 Å². The molecule has 1 spiro atoms. The molecule has 2 aliphatic rings. The van der Waals surface area contributed by atoms with Crippen molar-refractivity contribution in [2.45, 2.75) is 56.7 Å². The third-order valence-corrected chi connectivity index (χ3v) is 6.49. The number of amides is 1. The molecule has 5 heterocycles. The van der Waals surface area contributed by atoms with E-state index >= 15 is 0 Å². The molecule has 32 heavy (non-hydrogen) atoms. The van der Waals surface area contributed by atoms with Crippen molar-refractivity contribution in [2.24, 2.45) is 5.41 Å². The van der Waals surface area contributed by atoms with Crippen LogP contribution in [0.5, 0.6) is 0 Å².